The minimum Gasteiger partial charge on any atom is -0.493 e. The summed E-state index contributed by atoms with van der Waals surface area (Å²) in [4.78, 5) is 2.14. The number of halogens is 3. The molecule has 0 amide bonds. The number of rotatable bonds is 10. The van der Waals surface area contributed by atoms with Crippen LogP contribution in [0.3, 0.4) is 0 Å². The van der Waals surface area contributed by atoms with Crippen molar-refractivity contribution >= 4 is 0 Å². The van der Waals surface area contributed by atoms with Gasteiger partial charge in [-0.25, -0.2) is 0 Å². The normalized spacial score (nSPS) is 17.4. The van der Waals surface area contributed by atoms with Crippen LogP contribution in [0.15, 0.2) is 36.4 Å². The van der Waals surface area contributed by atoms with Crippen LogP contribution in [0.2, 0.25) is 0 Å². The Morgan fingerprint density at radius 2 is 1.78 bits per heavy atom. The van der Waals surface area contributed by atoms with Crippen molar-refractivity contribution in [2.75, 3.05) is 41.0 Å². The van der Waals surface area contributed by atoms with Crippen LogP contribution in [0.1, 0.15) is 55.0 Å². The highest BCUT2D eigenvalue weighted by Gasteiger charge is 2.38. The Balaban J connectivity index is 1.71. The number of ether oxygens (including phenoxy) is 3. The number of likely N-dealkylation sites (N-methyl/N-ethyl adjacent to an activating group) is 1. The molecule has 2 atom stereocenters. The SMILES string of the molecule is COc1cc2c(cc1OC)C(CN(C)CCCC(C#N)(c1cccc(C(F)(F)F)c1)C(C)C)OCC2. The first kappa shape index (κ1) is 27.8. The molecular formula is C28H35F3N2O3. The van der Waals surface area contributed by atoms with E-state index in [1.165, 1.54) is 11.6 Å². The van der Waals surface area contributed by atoms with Crippen molar-refractivity contribution in [3.8, 4) is 17.6 Å². The topological polar surface area (TPSA) is 54.7 Å². The van der Waals surface area contributed by atoms with Crippen LogP contribution in [0.25, 0.3) is 0 Å². The fraction of sp³-hybridized carbons (Fsp3) is 0.536. The van der Waals surface area contributed by atoms with Crippen LogP contribution in [-0.4, -0.2) is 45.9 Å². The van der Waals surface area contributed by atoms with E-state index in [9.17, 15) is 18.4 Å². The maximum Gasteiger partial charge on any atom is 0.416 e. The third-order valence-corrected chi connectivity index (χ3v) is 7.16. The molecule has 0 N–H and O–H groups in total. The van der Waals surface area contributed by atoms with E-state index in [2.05, 4.69) is 11.0 Å². The smallest absolute Gasteiger partial charge is 0.416 e. The summed E-state index contributed by atoms with van der Waals surface area (Å²) in [7, 11) is 5.22. The molecule has 196 valence electrons. The molecular weight excluding hydrogens is 469 g/mol. The highest BCUT2D eigenvalue weighted by Crippen LogP contribution is 2.40. The van der Waals surface area contributed by atoms with Gasteiger partial charge < -0.3 is 19.1 Å². The van der Waals surface area contributed by atoms with Crippen LogP contribution in [0.5, 0.6) is 11.5 Å². The maximum atomic E-state index is 13.3. The monoisotopic (exact) mass is 504 g/mol. The number of hydrogen-bond donors (Lipinski definition) is 0. The lowest BCUT2D eigenvalue weighted by Crippen LogP contribution is -2.34. The molecule has 2 aromatic rings. The average Bonchev–Trinajstić information content (AvgIpc) is 2.85. The zero-order chi connectivity index (χ0) is 26.5. The number of nitrogens with zero attached hydrogens (tertiary/aromatic N) is 2. The molecule has 36 heavy (non-hydrogen) atoms. The van der Waals surface area contributed by atoms with Crippen molar-refractivity contribution in [2.24, 2.45) is 5.92 Å². The van der Waals surface area contributed by atoms with E-state index in [4.69, 9.17) is 14.2 Å². The molecule has 0 aromatic heterocycles. The van der Waals surface area contributed by atoms with Gasteiger partial charge in [-0.3, -0.25) is 0 Å². The standard InChI is InChI=1S/C28H35F3N2O3/c1-19(2)27(18-32,21-8-6-9-22(15-21)28(29,30)31)11-7-12-33(3)17-26-23-16-25(35-5)24(34-4)14-20(23)10-13-36-26/h6,8-9,14-16,19,26H,7,10-13,17H2,1-5H3. The largest absolute Gasteiger partial charge is 0.493 e. The molecule has 8 heteroatoms. The van der Waals surface area contributed by atoms with Crippen molar-refractivity contribution in [2.45, 2.75) is 50.8 Å². The summed E-state index contributed by atoms with van der Waals surface area (Å²) in [6, 6.07) is 11.5. The Labute approximate surface area is 211 Å². The zero-order valence-corrected chi connectivity index (χ0v) is 21.6. The molecule has 0 fully saturated rings. The molecule has 5 nitrogen and oxygen atoms in total. The number of benzene rings is 2. The van der Waals surface area contributed by atoms with Gasteiger partial charge in [-0.05, 0) is 73.7 Å². The first-order chi connectivity index (χ1) is 17.1. The van der Waals surface area contributed by atoms with Gasteiger partial charge in [0.25, 0.3) is 0 Å². The number of hydrogen-bond acceptors (Lipinski definition) is 5. The summed E-state index contributed by atoms with van der Waals surface area (Å²) in [5.74, 6) is 1.21. The molecule has 0 saturated carbocycles. The van der Waals surface area contributed by atoms with Gasteiger partial charge in [0.15, 0.2) is 11.5 Å². The molecule has 1 aliphatic heterocycles. The minimum atomic E-state index is -4.45. The fourth-order valence-electron chi connectivity index (χ4n) is 5.00. The van der Waals surface area contributed by atoms with Gasteiger partial charge in [-0.1, -0.05) is 32.0 Å². The van der Waals surface area contributed by atoms with E-state index in [0.29, 0.717) is 49.6 Å². The third kappa shape index (κ3) is 5.96. The first-order valence-corrected chi connectivity index (χ1v) is 12.2. The van der Waals surface area contributed by atoms with E-state index in [1.807, 2.05) is 33.0 Å². The highest BCUT2D eigenvalue weighted by molar-refractivity contribution is 5.49. The zero-order valence-electron chi connectivity index (χ0n) is 21.6. The highest BCUT2D eigenvalue weighted by atomic mass is 19.4. The first-order valence-electron chi connectivity index (χ1n) is 12.2. The summed E-state index contributed by atoms with van der Waals surface area (Å²) in [5, 5.41) is 10.1. The van der Waals surface area contributed by atoms with Gasteiger partial charge in [0.1, 0.15) is 0 Å². The predicted molar refractivity (Wildman–Crippen MR) is 132 cm³/mol. The Hall–Kier alpha value is -2.76. The predicted octanol–water partition coefficient (Wildman–Crippen LogP) is 6.17. The average molecular weight is 505 g/mol. The summed E-state index contributed by atoms with van der Waals surface area (Å²) in [6.07, 6.45) is -2.67. The lowest BCUT2D eigenvalue weighted by atomic mass is 9.69. The molecule has 3 rings (SSSR count). The van der Waals surface area contributed by atoms with E-state index in [-0.39, 0.29) is 12.0 Å². The molecule has 0 saturated heterocycles. The van der Waals surface area contributed by atoms with Gasteiger partial charge >= 0.3 is 6.18 Å². The quantitative estimate of drug-likeness (QED) is 0.388. The van der Waals surface area contributed by atoms with Crippen LogP contribution in [-0.2, 0) is 22.7 Å². The van der Waals surface area contributed by atoms with Gasteiger partial charge in [0.2, 0.25) is 0 Å². The number of alkyl halides is 3. The Kier molecular flexibility index (Phi) is 8.91. The van der Waals surface area contributed by atoms with Crippen LogP contribution in [0.4, 0.5) is 13.2 Å². The summed E-state index contributed by atoms with van der Waals surface area (Å²) in [5.41, 5.74) is 0.939. The van der Waals surface area contributed by atoms with E-state index in [1.54, 1.807) is 20.3 Å². The van der Waals surface area contributed by atoms with Gasteiger partial charge in [0, 0.05) is 6.54 Å². The number of methoxy groups -OCH3 is 2. The Bertz CT molecular complexity index is 1080. The Morgan fingerprint density at radius 1 is 1.11 bits per heavy atom. The number of fused-ring (bicyclic) bond motifs is 1. The third-order valence-electron chi connectivity index (χ3n) is 7.16. The van der Waals surface area contributed by atoms with E-state index >= 15 is 0 Å². The molecule has 1 aliphatic rings. The summed E-state index contributed by atoms with van der Waals surface area (Å²) < 4.78 is 56.9. The molecule has 2 aromatic carbocycles. The molecule has 0 radical (unpaired) electrons. The van der Waals surface area contributed by atoms with Crippen molar-refractivity contribution in [1.82, 2.24) is 4.90 Å². The Morgan fingerprint density at radius 3 is 2.39 bits per heavy atom. The van der Waals surface area contributed by atoms with Gasteiger partial charge in [0.05, 0.1) is 44.0 Å². The van der Waals surface area contributed by atoms with Gasteiger partial charge in [-0.15, -0.1) is 0 Å². The van der Waals surface area contributed by atoms with Gasteiger partial charge in [-0.2, -0.15) is 18.4 Å². The fourth-order valence-corrected chi connectivity index (χ4v) is 5.00. The van der Waals surface area contributed by atoms with E-state index < -0.39 is 17.2 Å². The second kappa shape index (κ2) is 11.5. The molecule has 0 spiro atoms. The van der Waals surface area contributed by atoms with Crippen LogP contribution in [0, 0.1) is 17.2 Å². The molecule has 1 heterocycles. The maximum absolute atomic E-state index is 13.3. The molecule has 2 unspecified atom stereocenters. The van der Waals surface area contributed by atoms with Crippen molar-refractivity contribution in [3.05, 3.63) is 58.7 Å². The lowest BCUT2D eigenvalue weighted by Gasteiger charge is -2.33. The summed E-state index contributed by atoms with van der Waals surface area (Å²) in [6.45, 7) is 5.72. The van der Waals surface area contributed by atoms with Crippen molar-refractivity contribution < 1.29 is 27.4 Å². The van der Waals surface area contributed by atoms with Crippen molar-refractivity contribution in [3.63, 3.8) is 0 Å². The molecule has 0 aliphatic carbocycles. The van der Waals surface area contributed by atoms with E-state index in [0.717, 1.165) is 24.1 Å². The van der Waals surface area contributed by atoms with Crippen LogP contribution < -0.4 is 9.47 Å². The lowest BCUT2D eigenvalue weighted by molar-refractivity contribution is -0.137. The minimum absolute atomic E-state index is 0.132. The van der Waals surface area contributed by atoms with Crippen molar-refractivity contribution in [1.29, 1.82) is 5.26 Å². The second-order valence-corrected chi connectivity index (χ2v) is 9.70. The summed E-state index contributed by atoms with van der Waals surface area (Å²) >= 11 is 0. The number of nitriles is 1. The second-order valence-electron chi connectivity index (χ2n) is 9.70. The van der Waals surface area contributed by atoms with Crippen LogP contribution >= 0.6 is 0 Å². The molecule has 0 bridgehead atoms.